The molecule has 2 aromatic rings. The second kappa shape index (κ2) is 24.2. The second-order valence-corrected chi connectivity index (χ2v) is 14.8. The van der Waals surface area contributed by atoms with Crippen LogP contribution in [0.4, 0.5) is 5.69 Å². The Balaban J connectivity index is 0.00000756. The summed E-state index contributed by atoms with van der Waals surface area (Å²) in [5.74, 6) is 0.922. The standard InChI is InChI=1S/C47H70N3O2.ClH/c1-7-12-13-14-15-16-17-18-19-20-21-22-23-24-25-28-35-48(6)47(51)41-30-27-26-29-40(41)46-42-33-31-38(49(8-2)9-3)36-44(42)52-45-37-39(32-34-43(45)46)50(10-4)11-5;/h26-27,29-34,36-37H,7-25,28,35H2,1-6H3;1H/q+1;/p-1. The van der Waals surface area contributed by atoms with Gasteiger partial charge in [-0.05, 0) is 63.9 Å². The second-order valence-electron chi connectivity index (χ2n) is 14.8. The molecule has 0 radical (unpaired) electrons. The Hall–Kier alpha value is -3.31. The van der Waals surface area contributed by atoms with Crippen LogP contribution in [0.3, 0.4) is 0 Å². The van der Waals surface area contributed by atoms with Crippen LogP contribution in [0.1, 0.15) is 148 Å². The van der Waals surface area contributed by atoms with E-state index in [0.29, 0.717) is 0 Å². The van der Waals surface area contributed by atoms with Gasteiger partial charge in [-0.3, -0.25) is 4.79 Å². The van der Waals surface area contributed by atoms with Crippen molar-refractivity contribution >= 4 is 22.6 Å². The number of halogens is 1. The number of fused-ring (bicyclic) bond motifs is 2. The minimum Gasteiger partial charge on any atom is -1.00 e. The highest BCUT2D eigenvalue weighted by atomic mass is 35.5. The molecule has 0 saturated carbocycles. The number of unbranched alkanes of at least 4 members (excludes halogenated alkanes) is 15. The lowest BCUT2D eigenvalue weighted by Gasteiger charge is -2.23. The van der Waals surface area contributed by atoms with Gasteiger partial charge in [0.2, 0.25) is 5.36 Å². The zero-order valence-electron chi connectivity index (χ0n) is 34.2. The van der Waals surface area contributed by atoms with Gasteiger partial charge in [0, 0.05) is 66.6 Å². The molecule has 0 atom stereocenters. The summed E-state index contributed by atoms with van der Waals surface area (Å²) < 4.78 is 9.05. The third-order valence-corrected chi connectivity index (χ3v) is 11.1. The smallest absolute Gasteiger partial charge is 0.254 e. The molecule has 1 amide bonds. The van der Waals surface area contributed by atoms with Crippen LogP contribution in [0.2, 0.25) is 0 Å². The number of anilines is 1. The first-order valence-corrected chi connectivity index (χ1v) is 21.2. The van der Waals surface area contributed by atoms with Crippen molar-refractivity contribution in [2.75, 3.05) is 44.7 Å². The monoisotopic (exact) mass is 744 g/mol. The van der Waals surface area contributed by atoms with Gasteiger partial charge >= 0.3 is 0 Å². The molecule has 0 spiro atoms. The molecule has 6 heteroatoms. The first kappa shape index (κ1) is 44.1. The maximum Gasteiger partial charge on any atom is 0.254 e. The van der Waals surface area contributed by atoms with E-state index in [1.165, 1.54) is 96.3 Å². The van der Waals surface area contributed by atoms with Crippen molar-refractivity contribution < 1.29 is 21.6 Å². The van der Waals surface area contributed by atoms with E-state index in [1.807, 2.05) is 24.1 Å². The molecule has 53 heavy (non-hydrogen) atoms. The third-order valence-electron chi connectivity index (χ3n) is 11.1. The molecule has 1 aliphatic heterocycles. The molecule has 1 heterocycles. The maximum atomic E-state index is 14.1. The van der Waals surface area contributed by atoms with Crippen LogP contribution in [0.25, 0.3) is 33.4 Å². The van der Waals surface area contributed by atoms with Crippen LogP contribution in [-0.4, -0.2) is 50.6 Å². The first-order chi connectivity index (χ1) is 25.5. The number of nitrogens with zero attached hydrogens (tertiary/aromatic N) is 3. The van der Waals surface area contributed by atoms with Gasteiger partial charge in [-0.15, -0.1) is 0 Å². The predicted molar refractivity (Wildman–Crippen MR) is 225 cm³/mol. The quantitative estimate of drug-likeness (QED) is 0.0408. The number of hydrogen-bond acceptors (Lipinski definition) is 3. The van der Waals surface area contributed by atoms with E-state index in [4.69, 9.17) is 4.42 Å². The van der Waals surface area contributed by atoms with Crippen LogP contribution in [0.15, 0.2) is 65.1 Å². The number of benzene rings is 3. The molecule has 4 rings (SSSR count). The van der Waals surface area contributed by atoms with E-state index >= 15 is 0 Å². The van der Waals surface area contributed by atoms with E-state index in [2.05, 4.69) is 92.6 Å². The summed E-state index contributed by atoms with van der Waals surface area (Å²) >= 11 is 0. The van der Waals surface area contributed by atoms with Crippen molar-refractivity contribution in [2.24, 2.45) is 0 Å². The number of hydrogen-bond donors (Lipinski definition) is 0. The summed E-state index contributed by atoms with van der Waals surface area (Å²) in [6.07, 6.45) is 21.6. The molecule has 0 N–H and O–H groups in total. The van der Waals surface area contributed by atoms with Gasteiger partial charge in [0.25, 0.3) is 5.91 Å². The van der Waals surface area contributed by atoms with E-state index < -0.39 is 0 Å². The van der Waals surface area contributed by atoms with Crippen LogP contribution in [-0.2, 0) is 0 Å². The fraction of sp³-hybridized carbons (Fsp3) is 0.574. The topological polar surface area (TPSA) is 39.7 Å². The number of amides is 1. The van der Waals surface area contributed by atoms with E-state index in [9.17, 15) is 4.79 Å². The molecular weight excluding hydrogens is 674 g/mol. The zero-order chi connectivity index (χ0) is 37.1. The van der Waals surface area contributed by atoms with E-state index in [1.54, 1.807) is 0 Å². The normalized spacial score (nSPS) is 11.2. The molecule has 0 unspecified atom stereocenters. The summed E-state index contributed by atoms with van der Waals surface area (Å²) in [5.41, 5.74) is 5.79. The average Bonchev–Trinajstić information content (AvgIpc) is 3.17. The Labute approximate surface area is 328 Å². The van der Waals surface area contributed by atoms with Crippen LogP contribution >= 0.6 is 0 Å². The molecule has 1 aliphatic carbocycles. The molecule has 2 aromatic carbocycles. The van der Waals surface area contributed by atoms with Gasteiger partial charge in [-0.25, -0.2) is 4.58 Å². The van der Waals surface area contributed by atoms with Crippen molar-refractivity contribution in [1.82, 2.24) is 9.48 Å². The fourth-order valence-corrected chi connectivity index (χ4v) is 7.82. The van der Waals surface area contributed by atoms with Gasteiger partial charge in [0.05, 0.1) is 6.07 Å². The highest BCUT2D eigenvalue weighted by Gasteiger charge is 2.24. The summed E-state index contributed by atoms with van der Waals surface area (Å²) in [5, 5.41) is 2.18. The summed E-state index contributed by atoms with van der Waals surface area (Å²) in [6.45, 7) is 15.5. The number of rotatable bonds is 24. The fourth-order valence-electron chi connectivity index (χ4n) is 7.82. The van der Waals surface area contributed by atoms with Gasteiger partial charge in [-0.2, -0.15) is 0 Å². The van der Waals surface area contributed by atoms with Crippen molar-refractivity contribution in [3.05, 3.63) is 71.6 Å². The maximum absolute atomic E-state index is 14.1. The predicted octanol–water partition coefficient (Wildman–Crippen LogP) is 9.20. The molecule has 292 valence electrons. The summed E-state index contributed by atoms with van der Waals surface area (Å²) in [7, 11) is 1.97. The lowest BCUT2D eigenvalue weighted by molar-refractivity contribution is -0.0000205. The summed E-state index contributed by atoms with van der Waals surface area (Å²) in [6, 6.07) is 21.2. The van der Waals surface area contributed by atoms with Gasteiger partial charge in [0.15, 0.2) is 0 Å². The SMILES string of the molecule is CCCCCCCCCCCCCCCCCCN(C)C(=O)c1ccccc1-c1c2ccc(=[N+](CC)CC)cc-2oc2cc(N(CC)CC)ccc12.[Cl-]. The Morgan fingerprint density at radius 1 is 0.642 bits per heavy atom. The van der Waals surface area contributed by atoms with E-state index in [0.717, 1.165) is 89.2 Å². The van der Waals surface area contributed by atoms with Crippen LogP contribution in [0, 0.1) is 0 Å². The van der Waals surface area contributed by atoms with Crippen LogP contribution in [0.5, 0.6) is 0 Å². The van der Waals surface area contributed by atoms with Crippen LogP contribution < -0.4 is 27.2 Å². The Bertz CT molecular complexity index is 1690. The van der Waals surface area contributed by atoms with Crippen molar-refractivity contribution in [1.29, 1.82) is 0 Å². The van der Waals surface area contributed by atoms with Crippen molar-refractivity contribution in [3.63, 3.8) is 0 Å². The Morgan fingerprint density at radius 3 is 1.77 bits per heavy atom. The highest BCUT2D eigenvalue weighted by Crippen LogP contribution is 2.42. The molecule has 0 fully saturated rings. The molecular formula is C47H70ClN3O2. The van der Waals surface area contributed by atoms with Gasteiger partial charge in [-0.1, -0.05) is 121 Å². The molecule has 0 bridgehead atoms. The molecule has 5 nitrogen and oxygen atoms in total. The highest BCUT2D eigenvalue weighted by molar-refractivity contribution is 6.09. The summed E-state index contributed by atoms with van der Waals surface area (Å²) in [4.78, 5) is 18.4. The van der Waals surface area contributed by atoms with Crippen molar-refractivity contribution in [2.45, 2.75) is 137 Å². The molecule has 2 aliphatic rings. The van der Waals surface area contributed by atoms with E-state index in [-0.39, 0.29) is 18.3 Å². The minimum atomic E-state index is 0. The molecule has 0 saturated heterocycles. The van der Waals surface area contributed by atoms with Crippen molar-refractivity contribution in [3.8, 4) is 22.5 Å². The average molecular weight is 745 g/mol. The molecule has 0 aromatic heterocycles. The largest absolute Gasteiger partial charge is 1.00 e. The van der Waals surface area contributed by atoms with Gasteiger partial charge < -0.3 is 26.6 Å². The Morgan fingerprint density at radius 2 is 1.21 bits per heavy atom. The van der Waals surface area contributed by atoms with Gasteiger partial charge in [0.1, 0.15) is 24.4 Å². The first-order valence-electron chi connectivity index (χ1n) is 21.2. The number of carbonyl (C=O) groups is 1. The number of carbonyl (C=O) groups excluding carboxylic acids is 1. The zero-order valence-corrected chi connectivity index (χ0v) is 34.9. The third kappa shape index (κ3) is 12.6. The minimum absolute atomic E-state index is 0. The lowest BCUT2D eigenvalue weighted by atomic mass is 9.90. The Kier molecular flexibility index (Phi) is 20.1. The lowest BCUT2D eigenvalue weighted by Crippen LogP contribution is -3.00.